The van der Waals surface area contributed by atoms with Crippen LogP contribution in [0.3, 0.4) is 0 Å². The molecule has 9 heteroatoms. The van der Waals surface area contributed by atoms with E-state index < -0.39 is 36.0 Å². The minimum absolute atomic E-state index is 0.0688. The SMILES string of the molecule is CCCCCC(=O)OCCC1OC(=O)[C@]2(OC(=O)CCCCC)CC[C@@H](NC(C)=O)[C@H]1O2. The number of carbonyl (C=O) groups is 4. The van der Waals surface area contributed by atoms with Gasteiger partial charge in [-0.05, 0) is 19.3 Å². The first kappa shape index (κ1) is 26.1. The normalized spacial score (nSPS) is 26.7. The molecule has 4 atom stereocenters. The van der Waals surface area contributed by atoms with E-state index in [2.05, 4.69) is 12.2 Å². The minimum atomic E-state index is -1.78. The van der Waals surface area contributed by atoms with Crippen LogP contribution in [0, 0.1) is 0 Å². The van der Waals surface area contributed by atoms with Gasteiger partial charge in [-0.15, -0.1) is 0 Å². The second-order valence-corrected chi connectivity index (χ2v) is 8.52. The highest BCUT2D eigenvalue weighted by Gasteiger charge is 2.58. The van der Waals surface area contributed by atoms with Gasteiger partial charge in [-0.25, -0.2) is 4.79 Å². The van der Waals surface area contributed by atoms with Gasteiger partial charge in [0.1, 0.15) is 12.2 Å². The Bertz CT molecular complexity index is 666. The molecule has 0 aromatic heterocycles. The summed E-state index contributed by atoms with van der Waals surface area (Å²) in [5.41, 5.74) is 0. The van der Waals surface area contributed by atoms with E-state index in [9.17, 15) is 19.2 Å². The second-order valence-electron chi connectivity index (χ2n) is 8.52. The molecule has 2 aliphatic rings. The largest absolute Gasteiger partial charge is 0.466 e. The molecule has 1 unspecified atom stereocenters. The molecule has 2 aliphatic heterocycles. The molecular formula is C23H37NO8. The van der Waals surface area contributed by atoms with Crippen molar-refractivity contribution in [2.24, 2.45) is 0 Å². The molecule has 0 aromatic rings. The van der Waals surface area contributed by atoms with E-state index in [1.807, 2.05) is 6.92 Å². The molecule has 2 heterocycles. The smallest absolute Gasteiger partial charge is 0.380 e. The molecule has 2 fully saturated rings. The standard InChI is InChI=1S/C23H37NO8/c1-4-6-8-10-19(26)29-15-13-18-21-17(24-16(3)25)12-14-23(32-21,22(28)30-18)31-20(27)11-9-7-5-2/h17-18,21H,4-15H2,1-3H3,(H,24,25)/t17-,18?,21-,23+/m1/s1. The van der Waals surface area contributed by atoms with Crippen molar-refractivity contribution in [3.63, 3.8) is 0 Å². The lowest BCUT2D eigenvalue weighted by Crippen LogP contribution is -2.66. The number of amides is 1. The zero-order chi connectivity index (χ0) is 23.6. The van der Waals surface area contributed by atoms with E-state index in [1.165, 1.54) is 6.92 Å². The summed E-state index contributed by atoms with van der Waals surface area (Å²) in [6.45, 7) is 5.56. The number of unbranched alkanes of at least 4 members (excludes halogenated alkanes) is 4. The van der Waals surface area contributed by atoms with Crippen LogP contribution in [0.25, 0.3) is 0 Å². The Hall–Kier alpha value is -2.16. The van der Waals surface area contributed by atoms with Crippen molar-refractivity contribution < 1.29 is 38.1 Å². The molecule has 9 nitrogen and oxygen atoms in total. The van der Waals surface area contributed by atoms with Gasteiger partial charge in [0.15, 0.2) is 0 Å². The van der Waals surface area contributed by atoms with Crippen molar-refractivity contribution in [1.82, 2.24) is 5.32 Å². The van der Waals surface area contributed by atoms with Crippen LogP contribution in [-0.4, -0.2) is 54.5 Å². The van der Waals surface area contributed by atoms with Crippen LogP contribution >= 0.6 is 0 Å². The van der Waals surface area contributed by atoms with Gasteiger partial charge in [0.2, 0.25) is 5.91 Å². The zero-order valence-corrected chi connectivity index (χ0v) is 19.5. The summed E-state index contributed by atoms with van der Waals surface area (Å²) in [6.07, 6.45) is 5.12. The number of rotatable bonds is 13. The third kappa shape index (κ3) is 7.46. The summed E-state index contributed by atoms with van der Waals surface area (Å²) < 4.78 is 22.3. The highest BCUT2D eigenvalue weighted by molar-refractivity contribution is 5.83. The van der Waals surface area contributed by atoms with Gasteiger partial charge < -0.3 is 24.3 Å². The topological polar surface area (TPSA) is 117 Å². The van der Waals surface area contributed by atoms with Gasteiger partial charge in [0.05, 0.1) is 12.6 Å². The Kier molecular flexibility index (Phi) is 10.4. The summed E-state index contributed by atoms with van der Waals surface area (Å²) in [5.74, 6) is -3.57. The first-order valence-corrected chi connectivity index (χ1v) is 11.8. The van der Waals surface area contributed by atoms with E-state index in [0.717, 1.165) is 32.1 Å². The van der Waals surface area contributed by atoms with Gasteiger partial charge in [-0.3, -0.25) is 14.4 Å². The summed E-state index contributed by atoms with van der Waals surface area (Å²) in [5, 5.41) is 2.82. The van der Waals surface area contributed by atoms with Crippen LogP contribution < -0.4 is 5.32 Å². The maximum atomic E-state index is 12.8. The predicted octanol–water partition coefficient (Wildman–Crippen LogP) is 2.93. The van der Waals surface area contributed by atoms with Crippen LogP contribution in [0.5, 0.6) is 0 Å². The Morgan fingerprint density at radius 2 is 1.72 bits per heavy atom. The summed E-state index contributed by atoms with van der Waals surface area (Å²) in [6, 6.07) is -0.405. The fourth-order valence-corrected chi connectivity index (χ4v) is 4.04. The first-order chi connectivity index (χ1) is 15.3. The average Bonchev–Trinajstić information content (AvgIpc) is 2.73. The number of carbonyl (C=O) groups excluding carboxylic acids is 4. The first-order valence-electron chi connectivity index (χ1n) is 11.8. The second kappa shape index (κ2) is 12.8. The molecule has 32 heavy (non-hydrogen) atoms. The predicted molar refractivity (Wildman–Crippen MR) is 114 cm³/mol. The van der Waals surface area contributed by atoms with Gasteiger partial charge >= 0.3 is 23.7 Å². The van der Waals surface area contributed by atoms with Crippen LogP contribution in [0.15, 0.2) is 0 Å². The number of cyclic esters (lactones) is 1. The Labute approximate surface area is 189 Å². The van der Waals surface area contributed by atoms with E-state index in [0.29, 0.717) is 19.3 Å². The number of hydrogen-bond donors (Lipinski definition) is 1. The monoisotopic (exact) mass is 455 g/mol. The van der Waals surface area contributed by atoms with Crippen molar-refractivity contribution in [3.8, 4) is 0 Å². The van der Waals surface area contributed by atoms with Gasteiger partial charge in [-0.2, -0.15) is 0 Å². The Morgan fingerprint density at radius 3 is 2.34 bits per heavy atom. The van der Waals surface area contributed by atoms with E-state index >= 15 is 0 Å². The molecule has 1 amide bonds. The number of ether oxygens (including phenoxy) is 4. The van der Waals surface area contributed by atoms with E-state index in [4.69, 9.17) is 18.9 Å². The van der Waals surface area contributed by atoms with Crippen molar-refractivity contribution in [1.29, 1.82) is 0 Å². The van der Waals surface area contributed by atoms with E-state index in [-0.39, 0.29) is 37.7 Å². The van der Waals surface area contributed by atoms with Gasteiger partial charge in [0, 0.05) is 32.6 Å². The summed E-state index contributed by atoms with van der Waals surface area (Å²) in [4.78, 5) is 48.6. The van der Waals surface area contributed by atoms with Crippen LogP contribution in [-0.2, 0) is 38.1 Å². The quantitative estimate of drug-likeness (QED) is 0.256. The van der Waals surface area contributed by atoms with Crippen LogP contribution in [0.1, 0.15) is 91.4 Å². The fraction of sp³-hybridized carbons (Fsp3) is 0.826. The summed E-state index contributed by atoms with van der Waals surface area (Å²) >= 11 is 0. The highest BCUT2D eigenvalue weighted by atomic mass is 16.8. The molecule has 0 radical (unpaired) electrons. The third-order valence-electron chi connectivity index (χ3n) is 5.75. The maximum absolute atomic E-state index is 12.8. The Morgan fingerprint density at radius 1 is 1.06 bits per heavy atom. The number of fused-ring (bicyclic) bond motifs is 2. The van der Waals surface area contributed by atoms with Gasteiger partial charge in [0.25, 0.3) is 0 Å². The summed E-state index contributed by atoms with van der Waals surface area (Å²) in [7, 11) is 0. The molecule has 0 spiro atoms. The Balaban J connectivity index is 1.99. The number of hydrogen-bond acceptors (Lipinski definition) is 8. The molecule has 0 aromatic carbocycles. The van der Waals surface area contributed by atoms with Crippen molar-refractivity contribution in [2.75, 3.05) is 6.61 Å². The maximum Gasteiger partial charge on any atom is 0.380 e. The van der Waals surface area contributed by atoms with Crippen molar-refractivity contribution in [2.45, 2.75) is 115 Å². The van der Waals surface area contributed by atoms with Crippen molar-refractivity contribution in [3.05, 3.63) is 0 Å². The molecular weight excluding hydrogens is 418 g/mol. The number of nitrogens with one attached hydrogen (secondary N) is 1. The molecule has 1 N–H and O–H groups in total. The molecule has 0 aliphatic carbocycles. The average molecular weight is 456 g/mol. The van der Waals surface area contributed by atoms with Crippen LogP contribution in [0.4, 0.5) is 0 Å². The van der Waals surface area contributed by atoms with Crippen molar-refractivity contribution >= 4 is 23.8 Å². The minimum Gasteiger partial charge on any atom is -0.466 e. The van der Waals surface area contributed by atoms with E-state index in [1.54, 1.807) is 0 Å². The zero-order valence-electron chi connectivity index (χ0n) is 19.5. The molecule has 182 valence electrons. The lowest BCUT2D eigenvalue weighted by Gasteiger charge is -2.48. The molecule has 2 bridgehead atoms. The van der Waals surface area contributed by atoms with Gasteiger partial charge in [-0.1, -0.05) is 39.5 Å². The molecule has 2 rings (SSSR count). The lowest BCUT2D eigenvalue weighted by atomic mass is 9.89. The van der Waals surface area contributed by atoms with Crippen LogP contribution in [0.2, 0.25) is 0 Å². The highest BCUT2D eigenvalue weighted by Crippen LogP contribution is 2.39. The third-order valence-corrected chi connectivity index (χ3v) is 5.75. The molecule has 2 saturated heterocycles. The number of esters is 3. The fourth-order valence-electron chi connectivity index (χ4n) is 4.04. The lowest BCUT2D eigenvalue weighted by molar-refractivity contribution is -0.315. The molecule has 0 saturated carbocycles.